The first-order valence-corrected chi connectivity index (χ1v) is 7.47. The number of carbonyl (C=O) groups is 1. The molecule has 1 aromatic heterocycles. The lowest BCUT2D eigenvalue weighted by molar-refractivity contribution is 0.0645. The molecule has 0 bridgehead atoms. The molecule has 0 spiro atoms. The van der Waals surface area contributed by atoms with Crippen LogP contribution in [0.3, 0.4) is 0 Å². The van der Waals surface area contributed by atoms with Crippen LogP contribution in [0.25, 0.3) is 0 Å². The van der Waals surface area contributed by atoms with Gasteiger partial charge in [0.25, 0.3) is 5.91 Å². The first-order chi connectivity index (χ1) is 10.7. The van der Waals surface area contributed by atoms with Crippen molar-refractivity contribution in [2.45, 2.75) is 38.3 Å². The molecule has 1 aliphatic rings. The Morgan fingerprint density at radius 2 is 2.05 bits per heavy atom. The number of benzene rings is 1. The molecule has 22 heavy (non-hydrogen) atoms. The molecule has 0 radical (unpaired) electrons. The molecule has 1 saturated carbocycles. The lowest BCUT2D eigenvalue weighted by atomic mass is 10.1. The second-order valence-electron chi connectivity index (χ2n) is 5.59. The van der Waals surface area contributed by atoms with Crippen LogP contribution in [0.1, 0.15) is 41.8 Å². The van der Waals surface area contributed by atoms with Crippen molar-refractivity contribution in [2.75, 3.05) is 0 Å². The number of amides is 1. The number of aromatic hydroxyl groups is 1. The molecule has 0 atom stereocenters. The fourth-order valence-corrected chi connectivity index (χ4v) is 3.00. The standard InChI is InChI=1S/C17H18FNO3/c18-15-9-3-8-14(16(15)20)17(21)19(12-5-1-2-6-12)11-13-7-4-10-22-13/h3-4,7-10,12,20H,1-2,5-6,11H2. The van der Waals surface area contributed by atoms with Gasteiger partial charge in [-0.05, 0) is 37.1 Å². The van der Waals surface area contributed by atoms with E-state index in [0.29, 0.717) is 12.3 Å². The highest BCUT2D eigenvalue weighted by Crippen LogP contribution is 2.29. The molecule has 116 valence electrons. The maximum absolute atomic E-state index is 13.5. The van der Waals surface area contributed by atoms with E-state index in [1.165, 1.54) is 12.1 Å². The molecule has 2 aromatic rings. The summed E-state index contributed by atoms with van der Waals surface area (Å²) in [7, 11) is 0. The van der Waals surface area contributed by atoms with Gasteiger partial charge < -0.3 is 14.4 Å². The minimum Gasteiger partial charge on any atom is -0.504 e. The van der Waals surface area contributed by atoms with Crippen LogP contribution in [0, 0.1) is 5.82 Å². The Kier molecular flexibility index (Phi) is 4.13. The fourth-order valence-electron chi connectivity index (χ4n) is 3.00. The van der Waals surface area contributed by atoms with Crippen molar-refractivity contribution in [1.82, 2.24) is 4.90 Å². The summed E-state index contributed by atoms with van der Waals surface area (Å²) in [4.78, 5) is 14.5. The van der Waals surface area contributed by atoms with Gasteiger partial charge >= 0.3 is 0 Å². The third-order valence-electron chi connectivity index (χ3n) is 4.15. The average Bonchev–Trinajstić information content (AvgIpc) is 3.20. The maximum atomic E-state index is 13.5. The molecular formula is C17H18FNO3. The van der Waals surface area contributed by atoms with Crippen LogP contribution in [-0.4, -0.2) is 22.0 Å². The van der Waals surface area contributed by atoms with E-state index in [2.05, 4.69) is 0 Å². The van der Waals surface area contributed by atoms with Crippen LogP contribution < -0.4 is 0 Å². The van der Waals surface area contributed by atoms with Gasteiger partial charge in [-0.1, -0.05) is 18.9 Å². The lowest BCUT2D eigenvalue weighted by Crippen LogP contribution is -2.38. The Labute approximate surface area is 128 Å². The summed E-state index contributed by atoms with van der Waals surface area (Å²) in [5.41, 5.74) is -0.00143. The molecule has 1 aromatic carbocycles. The number of hydrogen-bond donors (Lipinski definition) is 1. The first-order valence-electron chi connectivity index (χ1n) is 7.47. The Bertz CT molecular complexity index is 648. The van der Waals surface area contributed by atoms with Gasteiger partial charge in [-0.25, -0.2) is 4.39 Å². The summed E-state index contributed by atoms with van der Waals surface area (Å²) in [6, 6.07) is 7.69. The highest BCUT2D eigenvalue weighted by Gasteiger charge is 2.30. The van der Waals surface area contributed by atoms with Crippen LogP contribution in [-0.2, 0) is 6.54 Å². The van der Waals surface area contributed by atoms with E-state index in [4.69, 9.17) is 4.42 Å². The van der Waals surface area contributed by atoms with Crippen LogP contribution in [0.5, 0.6) is 5.75 Å². The normalized spacial score (nSPS) is 15.1. The summed E-state index contributed by atoms with van der Waals surface area (Å²) >= 11 is 0. The second kappa shape index (κ2) is 6.22. The molecule has 1 amide bonds. The molecule has 1 heterocycles. The van der Waals surface area contributed by atoms with Crippen LogP contribution in [0.2, 0.25) is 0 Å². The zero-order valence-corrected chi connectivity index (χ0v) is 12.2. The third kappa shape index (κ3) is 2.84. The number of carbonyl (C=O) groups excluding carboxylic acids is 1. The van der Waals surface area contributed by atoms with E-state index in [1.807, 2.05) is 0 Å². The second-order valence-corrected chi connectivity index (χ2v) is 5.59. The van der Waals surface area contributed by atoms with E-state index in [9.17, 15) is 14.3 Å². The Hall–Kier alpha value is -2.30. The van der Waals surface area contributed by atoms with Gasteiger partial charge in [-0.2, -0.15) is 0 Å². The van der Waals surface area contributed by atoms with E-state index >= 15 is 0 Å². The molecule has 3 rings (SSSR count). The van der Waals surface area contributed by atoms with Gasteiger partial charge in [-0.15, -0.1) is 0 Å². The molecule has 1 fully saturated rings. The lowest BCUT2D eigenvalue weighted by Gasteiger charge is -2.28. The topological polar surface area (TPSA) is 53.7 Å². The van der Waals surface area contributed by atoms with Crippen molar-refractivity contribution in [3.8, 4) is 5.75 Å². The Morgan fingerprint density at radius 3 is 2.73 bits per heavy atom. The predicted molar refractivity (Wildman–Crippen MR) is 78.9 cm³/mol. The molecule has 0 aliphatic heterocycles. The summed E-state index contributed by atoms with van der Waals surface area (Å²) in [6.07, 6.45) is 5.54. The molecule has 0 saturated heterocycles. The summed E-state index contributed by atoms with van der Waals surface area (Å²) < 4.78 is 18.9. The highest BCUT2D eigenvalue weighted by molar-refractivity contribution is 5.97. The SMILES string of the molecule is O=C(c1cccc(F)c1O)N(Cc1ccco1)C1CCCC1. The molecular weight excluding hydrogens is 285 g/mol. The summed E-state index contributed by atoms with van der Waals surface area (Å²) in [5.74, 6) is -1.05. The van der Waals surface area contributed by atoms with E-state index < -0.39 is 11.6 Å². The molecule has 4 nitrogen and oxygen atoms in total. The first kappa shape index (κ1) is 14.6. The van der Waals surface area contributed by atoms with Crippen LogP contribution >= 0.6 is 0 Å². The van der Waals surface area contributed by atoms with Crippen molar-refractivity contribution < 1.29 is 18.7 Å². The van der Waals surface area contributed by atoms with Gasteiger partial charge in [0.2, 0.25) is 0 Å². The Morgan fingerprint density at radius 1 is 1.27 bits per heavy atom. The largest absolute Gasteiger partial charge is 0.504 e. The number of hydrogen-bond acceptors (Lipinski definition) is 3. The number of para-hydroxylation sites is 1. The monoisotopic (exact) mass is 303 g/mol. The zero-order valence-electron chi connectivity index (χ0n) is 12.2. The average molecular weight is 303 g/mol. The van der Waals surface area contributed by atoms with Crippen molar-refractivity contribution in [3.05, 3.63) is 53.7 Å². The molecule has 5 heteroatoms. The minimum atomic E-state index is -0.782. The maximum Gasteiger partial charge on any atom is 0.258 e. The molecule has 0 unspecified atom stereocenters. The zero-order chi connectivity index (χ0) is 15.5. The van der Waals surface area contributed by atoms with Crippen molar-refractivity contribution in [1.29, 1.82) is 0 Å². The van der Waals surface area contributed by atoms with Gasteiger partial charge in [-0.3, -0.25) is 4.79 Å². The number of phenolic OH excluding ortho intramolecular Hbond substituents is 1. The predicted octanol–water partition coefficient (Wildman–Crippen LogP) is 3.71. The quantitative estimate of drug-likeness (QED) is 0.936. The van der Waals surface area contributed by atoms with Crippen molar-refractivity contribution in [3.63, 3.8) is 0 Å². The Balaban J connectivity index is 1.90. The van der Waals surface area contributed by atoms with Gasteiger partial charge in [0.1, 0.15) is 5.76 Å². The van der Waals surface area contributed by atoms with Gasteiger partial charge in [0.15, 0.2) is 11.6 Å². The highest BCUT2D eigenvalue weighted by atomic mass is 19.1. The van der Waals surface area contributed by atoms with Crippen molar-refractivity contribution in [2.24, 2.45) is 0 Å². The van der Waals surface area contributed by atoms with Gasteiger partial charge in [0, 0.05) is 6.04 Å². The van der Waals surface area contributed by atoms with Crippen LogP contribution in [0.15, 0.2) is 41.0 Å². The molecule has 1 aliphatic carbocycles. The summed E-state index contributed by atoms with van der Waals surface area (Å²) in [5, 5.41) is 9.84. The number of phenols is 1. The summed E-state index contributed by atoms with van der Waals surface area (Å²) in [6.45, 7) is 0.326. The minimum absolute atomic E-state index is 0.00143. The molecule has 1 N–H and O–H groups in total. The van der Waals surface area contributed by atoms with E-state index in [1.54, 1.807) is 23.3 Å². The van der Waals surface area contributed by atoms with Crippen LogP contribution in [0.4, 0.5) is 4.39 Å². The smallest absolute Gasteiger partial charge is 0.258 e. The van der Waals surface area contributed by atoms with Crippen molar-refractivity contribution >= 4 is 5.91 Å². The van der Waals surface area contributed by atoms with Gasteiger partial charge in [0.05, 0.1) is 18.4 Å². The number of nitrogens with zero attached hydrogens (tertiary/aromatic N) is 1. The number of halogens is 1. The van der Waals surface area contributed by atoms with E-state index in [-0.39, 0.29) is 17.5 Å². The van der Waals surface area contributed by atoms with E-state index in [0.717, 1.165) is 31.7 Å². The number of furan rings is 1. The third-order valence-corrected chi connectivity index (χ3v) is 4.15. The number of rotatable bonds is 4. The fraction of sp³-hybridized carbons (Fsp3) is 0.353.